The highest BCUT2D eigenvalue weighted by molar-refractivity contribution is 6.70. The maximum Gasteiger partial charge on any atom is 0.344 e. The van der Waals surface area contributed by atoms with Gasteiger partial charge in [-0.3, -0.25) is 28.7 Å². The van der Waals surface area contributed by atoms with Crippen LogP contribution in [0.15, 0.2) is 110 Å². The normalized spacial score (nSPS) is 21.5. The molecule has 64 heavy (non-hydrogen) atoms. The SMILES string of the molecule is COc1ccc(C(OC[C@H]2O[C@@H](n3cc(C)c(=O)[nH]c3=O)C[C@@H]2O[Si](O[C@@H]2C[C@@H](n3cc(C)c(=O)[nH]c3=O)O[C@H]2CO)(C(C)C)C(C)C)(c2ccccc2)c2ccc(OC)cc2)cc1. The number of nitrogens with zero attached hydrogens (tertiary/aromatic N) is 2. The Morgan fingerprint density at radius 3 is 1.52 bits per heavy atom. The van der Waals surface area contributed by atoms with Crippen LogP contribution in [0.5, 0.6) is 11.5 Å². The first-order chi connectivity index (χ1) is 30.6. The molecule has 3 aromatic carbocycles. The first-order valence-electron chi connectivity index (χ1n) is 21.5. The maximum absolute atomic E-state index is 13.4. The van der Waals surface area contributed by atoms with Gasteiger partial charge in [-0.15, -0.1) is 0 Å². The highest BCUT2D eigenvalue weighted by Gasteiger charge is 2.54. The van der Waals surface area contributed by atoms with Crippen molar-refractivity contribution in [2.45, 2.75) is 108 Å². The third-order valence-corrected chi connectivity index (χ3v) is 16.9. The van der Waals surface area contributed by atoms with E-state index in [4.69, 9.17) is 32.5 Å². The van der Waals surface area contributed by atoms with Gasteiger partial charge < -0.3 is 37.6 Å². The molecule has 0 aliphatic carbocycles. The van der Waals surface area contributed by atoms with E-state index in [0.717, 1.165) is 16.7 Å². The molecule has 2 aromatic heterocycles. The van der Waals surface area contributed by atoms with E-state index in [1.807, 2.05) is 107 Å². The van der Waals surface area contributed by atoms with E-state index in [1.165, 1.54) is 21.5 Å². The van der Waals surface area contributed by atoms with Crippen LogP contribution < -0.4 is 32.0 Å². The molecule has 7 rings (SSSR count). The number of hydrogen-bond donors (Lipinski definition) is 3. The largest absolute Gasteiger partial charge is 0.497 e. The third kappa shape index (κ3) is 9.11. The van der Waals surface area contributed by atoms with E-state index in [9.17, 15) is 24.3 Å². The molecule has 16 nitrogen and oxygen atoms in total. The van der Waals surface area contributed by atoms with Crippen molar-refractivity contribution in [2.75, 3.05) is 27.4 Å². The number of H-pyrrole nitrogens is 2. The van der Waals surface area contributed by atoms with Crippen LogP contribution in [0.4, 0.5) is 0 Å². The predicted molar refractivity (Wildman–Crippen MR) is 240 cm³/mol. The second kappa shape index (κ2) is 19.4. The van der Waals surface area contributed by atoms with Gasteiger partial charge in [0.1, 0.15) is 41.8 Å². The molecule has 0 radical (unpaired) electrons. The van der Waals surface area contributed by atoms with E-state index in [2.05, 4.69) is 9.97 Å². The standard InChI is InChI=1S/C47H58N4O12Si/c1-28(2)64(29(3)4,62-37-22-41(60-39(37)26-52)50-24-30(5)43(53)48-45(50)55)63-38-23-42(51-25-31(6)44(54)49-46(51)56)61-40(38)27-59-47(32-12-10-9-11-13-32,33-14-18-35(57-7)19-15-33)34-16-20-36(58-8)21-17-34/h9-21,24-25,28-29,37-42,52H,22-23,26-27H2,1-8H3,(H,48,53,55)(H,49,54,56)/t37-,38+,39+,40-,41+,42-/m1/s1. The van der Waals surface area contributed by atoms with Crippen molar-refractivity contribution in [3.8, 4) is 11.5 Å². The minimum Gasteiger partial charge on any atom is -0.497 e. The number of aliphatic hydroxyl groups excluding tert-OH is 1. The smallest absolute Gasteiger partial charge is 0.344 e. The zero-order chi connectivity index (χ0) is 45.9. The third-order valence-electron chi connectivity index (χ3n) is 12.4. The summed E-state index contributed by atoms with van der Waals surface area (Å²) in [6.45, 7) is 10.9. The van der Waals surface area contributed by atoms with Gasteiger partial charge in [-0.2, -0.15) is 0 Å². The lowest BCUT2D eigenvalue weighted by molar-refractivity contribution is -0.0974. The summed E-state index contributed by atoms with van der Waals surface area (Å²) in [6, 6.07) is 25.2. The molecule has 0 saturated carbocycles. The van der Waals surface area contributed by atoms with Crippen LogP contribution in [0.25, 0.3) is 0 Å². The maximum atomic E-state index is 13.4. The summed E-state index contributed by atoms with van der Waals surface area (Å²) in [7, 11) is -0.218. The minimum absolute atomic E-state index is 0.0335. The molecule has 2 aliphatic heterocycles. The molecule has 0 amide bonds. The van der Waals surface area contributed by atoms with Crippen molar-refractivity contribution in [2.24, 2.45) is 0 Å². The molecule has 0 bridgehead atoms. The fourth-order valence-corrected chi connectivity index (χ4v) is 12.8. The first kappa shape index (κ1) is 46.6. The summed E-state index contributed by atoms with van der Waals surface area (Å²) in [4.78, 5) is 55.8. The first-order valence-corrected chi connectivity index (χ1v) is 23.5. The monoisotopic (exact) mass is 898 g/mol. The van der Waals surface area contributed by atoms with Gasteiger partial charge in [0.25, 0.3) is 11.1 Å². The Hall–Kier alpha value is -5.40. The molecule has 2 saturated heterocycles. The Labute approximate surface area is 371 Å². The molecule has 342 valence electrons. The molecule has 3 N–H and O–H groups in total. The summed E-state index contributed by atoms with van der Waals surface area (Å²) < 4.78 is 48.8. The van der Waals surface area contributed by atoms with E-state index >= 15 is 0 Å². The van der Waals surface area contributed by atoms with E-state index in [1.54, 1.807) is 28.1 Å². The van der Waals surface area contributed by atoms with Gasteiger partial charge in [0, 0.05) is 36.4 Å². The van der Waals surface area contributed by atoms with Gasteiger partial charge in [-0.25, -0.2) is 9.59 Å². The topological polar surface area (TPSA) is 195 Å². The van der Waals surface area contributed by atoms with Crippen LogP contribution in [0.2, 0.25) is 11.1 Å². The average molecular weight is 899 g/mol. The molecular formula is C47H58N4O12Si. The Morgan fingerprint density at radius 1 is 0.672 bits per heavy atom. The molecular weight excluding hydrogens is 841 g/mol. The molecule has 2 aliphatic rings. The molecule has 4 heterocycles. The van der Waals surface area contributed by atoms with Crippen LogP contribution in [-0.4, -0.2) is 84.6 Å². The Balaban J connectivity index is 1.30. The molecule has 0 spiro atoms. The van der Waals surface area contributed by atoms with Gasteiger partial charge in [-0.05, 0) is 65.9 Å². The average Bonchev–Trinajstić information content (AvgIpc) is 3.89. The predicted octanol–water partition coefficient (Wildman–Crippen LogP) is 5.33. The zero-order valence-corrected chi connectivity index (χ0v) is 38.4. The molecule has 0 unspecified atom stereocenters. The summed E-state index contributed by atoms with van der Waals surface area (Å²) in [6.07, 6.45) is -1.37. The van der Waals surface area contributed by atoms with Gasteiger partial charge >= 0.3 is 19.9 Å². The lowest BCUT2D eigenvalue weighted by atomic mass is 9.80. The number of aromatic amines is 2. The summed E-state index contributed by atoms with van der Waals surface area (Å²) >= 11 is 0. The highest BCUT2D eigenvalue weighted by Crippen LogP contribution is 2.46. The molecule has 5 aromatic rings. The summed E-state index contributed by atoms with van der Waals surface area (Å²) in [5, 5.41) is 10.6. The number of hydrogen-bond acceptors (Lipinski definition) is 12. The highest BCUT2D eigenvalue weighted by atomic mass is 28.4. The van der Waals surface area contributed by atoms with Crippen LogP contribution in [0, 0.1) is 13.8 Å². The number of methoxy groups -OCH3 is 2. The van der Waals surface area contributed by atoms with E-state index in [-0.39, 0.29) is 30.5 Å². The number of aliphatic hydroxyl groups is 1. The number of rotatable bonds is 17. The molecule has 17 heteroatoms. The molecule has 6 atom stereocenters. The summed E-state index contributed by atoms with van der Waals surface area (Å²) in [5.74, 6) is 1.34. The Morgan fingerprint density at radius 2 is 1.09 bits per heavy atom. The van der Waals surface area contributed by atoms with E-state index < -0.39 is 80.1 Å². The minimum atomic E-state index is -3.44. The fraction of sp³-hybridized carbons (Fsp3) is 0.447. The van der Waals surface area contributed by atoms with Crippen LogP contribution in [0.3, 0.4) is 0 Å². The Bertz CT molecular complexity index is 2550. The molecule has 2 fully saturated rings. The van der Waals surface area contributed by atoms with E-state index in [0.29, 0.717) is 22.6 Å². The van der Waals surface area contributed by atoms with Gasteiger partial charge in [-0.1, -0.05) is 82.3 Å². The number of aromatic nitrogens is 4. The van der Waals surface area contributed by atoms with Gasteiger partial charge in [0.2, 0.25) is 0 Å². The van der Waals surface area contributed by atoms with Crippen LogP contribution in [0.1, 0.15) is 80.8 Å². The number of aryl methyl sites for hydroxylation is 2. The second-order valence-corrected chi connectivity index (χ2v) is 21.3. The Kier molecular flexibility index (Phi) is 14.1. The van der Waals surface area contributed by atoms with Crippen molar-refractivity contribution >= 4 is 8.56 Å². The van der Waals surface area contributed by atoms with Crippen LogP contribution in [-0.2, 0) is 28.7 Å². The van der Waals surface area contributed by atoms with Crippen molar-refractivity contribution < 1.29 is 37.6 Å². The number of nitrogens with one attached hydrogen (secondary N) is 2. The van der Waals surface area contributed by atoms with Crippen molar-refractivity contribution in [1.29, 1.82) is 0 Å². The lowest BCUT2D eigenvalue weighted by Gasteiger charge is -2.43. The quantitative estimate of drug-likeness (QED) is 0.0804. The van der Waals surface area contributed by atoms with Crippen molar-refractivity contribution in [3.63, 3.8) is 0 Å². The lowest BCUT2D eigenvalue weighted by Crippen LogP contribution is -2.55. The summed E-state index contributed by atoms with van der Waals surface area (Å²) in [5.41, 5.74) is -0.656. The van der Waals surface area contributed by atoms with Crippen molar-refractivity contribution in [1.82, 2.24) is 19.1 Å². The van der Waals surface area contributed by atoms with Gasteiger partial charge in [0.05, 0.1) is 39.6 Å². The van der Waals surface area contributed by atoms with Gasteiger partial charge in [0.15, 0.2) is 0 Å². The zero-order valence-electron chi connectivity index (χ0n) is 37.4. The van der Waals surface area contributed by atoms with Crippen LogP contribution >= 0.6 is 0 Å². The second-order valence-electron chi connectivity index (χ2n) is 17.0. The fourth-order valence-electron chi connectivity index (χ4n) is 8.90. The number of benzene rings is 3. The number of ether oxygens (including phenoxy) is 5. The van der Waals surface area contributed by atoms with Crippen molar-refractivity contribution in [3.05, 3.63) is 161 Å².